The number of aromatic hydroxyl groups is 1. The van der Waals surface area contributed by atoms with Crippen molar-refractivity contribution in [2.45, 2.75) is 20.4 Å². The summed E-state index contributed by atoms with van der Waals surface area (Å²) in [6.45, 7) is 4.27. The van der Waals surface area contributed by atoms with Crippen LogP contribution in [-0.4, -0.2) is 17.9 Å². The van der Waals surface area contributed by atoms with Crippen LogP contribution in [0.5, 0.6) is 5.75 Å². The van der Waals surface area contributed by atoms with E-state index in [4.69, 9.17) is 0 Å². The van der Waals surface area contributed by atoms with Gasteiger partial charge in [-0.2, -0.15) is 0 Å². The number of carbonyl (C=O) groups excluding carboxylic acids is 1. The van der Waals surface area contributed by atoms with Gasteiger partial charge in [0.15, 0.2) is 5.78 Å². The Labute approximate surface area is 119 Å². The van der Waals surface area contributed by atoms with Gasteiger partial charge in [0.05, 0.1) is 5.56 Å². The first-order valence-electron chi connectivity index (χ1n) is 6.58. The molecule has 0 saturated carbocycles. The number of ketones is 1. The van der Waals surface area contributed by atoms with Crippen molar-refractivity contribution in [2.75, 3.05) is 11.9 Å². The number of hydrogen-bond acceptors (Lipinski definition) is 3. The molecule has 0 atom stereocenters. The maximum absolute atomic E-state index is 11.3. The van der Waals surface area contributed by atoms with E-state index in [1.165, 1.54) is 18.1 Å². The Morgan fingerprint density at radius 3 is 2.55 bits per heavy atom. The molecule has 0 aromatic heterocycles. The SMILES string of the molecule is CC(=O)c1ccc(N(C)Cc2cccc(C)c2)cc1O. The average molecular weight is 269 g/mol. The third kappa shape index (κ3) is 3.18. The van der Waals surface area contributed by atoms with E-state index in [2.05, 4.69) is 25.1 Å². The molecule has 3 nitrogen and oxygen atoms in total. The highest BCUT2D eigenvalue weighted by Crippen LogP contribution is 2.25. The molecular weight excluding hydrogens is 250 g/mol. The van der Waals surface area contributed by atoms with Gasteiger partial charge < -0.3 is 10.0 Å². The molecule has 1 N–H and O–H groups in total. The Morgan fingerprint density at radius 2 is 1.95 bits per heavy atom. The van der Waals surface area contributed by atoms with Crippen LogP contribution in [0.15, 0.2) is 42.5 Å². The van der Waals surface area contributed by atoms with E-state index in [9.17, 15) is 9.90 Å². The number of phenolic OH excluding ortho intramolecular Hbond substituents is 1. The monoisotopic (exact) mass is 269 g/mol. The number of Topliss-reactive ketones (excluding diaryl/α,β-unsaturated/α-hetero) is 1. The second kappa shape index (κ2) is 5.78. The molecule has 0 aliphatic heterocycles. The lowest BCUT2D eigenvalue weighted by Crippen LogP contribution is -2.16. The zero-order valence-corrected chi connectivity index (χ0v) is 12.1. The van der Waals surface area contributed by atoms with Crippen LogP contribution in [0.1, 0.15) is 28.4 Å². The van der Waals surface area contributed by atoms with Crippen LogP contribution in [-0.2, 0) is 6.54 Å². The topological polar surface area (TPSA) is 40.5 Å². The molecule has 2 aromatic rings. The standard InChI is InChI=1S/C17H19NO2/c1-12-5-4-6-14(9-12)11-18(3)15-7-8-16(13(2)19)17(20)10-15/h4-10,20H,11H2,1-3H3. The highest BCUT2D eigenvalue weighted by molar-refractivity contribution is 5.97. The zero-order valence-electron chi connectivity index (χ0n) is 12.1. The molecule has 2 rings (SSSR count). The fourth-order valence-corrected chi connectivity index (χ4v) is 2.23. The summed E-state index contributed by atoms with van der Waals surface area (Å²) < 4.78 is 0. The minimum absolute atomic E-state index is 0.0334. The summed E-state index contributed by atoms with van der Waals surface area (Å²) in [4.78, 5) is 13.3. The van der Waals surface area contributed by atoms with Gasteiger partial charge in [0.25, 0.3) is 0 Å². The molecule has 0 spiro atoms. The van der Waals surface area contributed by atoms with Crippen LogP contribution >= 0.6 is 0 Å². The second-order valence-electron chi connectivity index (χ2n) is 5.10. The third-order valence-corrected chi connectivity index (χ3v) is 3.30. The predicted octanol–water partition coefficient (Wildman–Crippen LogP) is 3.54. The van der Waals surface area contributed by atoms with Crippen LogP contribution in [0.25, 0.3) is 0 Å². The molecule has 0 unspecified atom stereocenters. The number of hydrogen-bond donors (Lipinski definition) is 1. The van der Waals surface area contributed by atoms with Crippen molar-refractivity contribution >= 4 is 11.5 Å². The van der Waals surface area contributed by atoms with E-state index in [0.29, 0.717) is 5.56 Å². The average Bonchev–Trinajstić information content (AvgIpc) is 2.38. The Kier molecular flexibility index (Phi) is 4.08. The van der Waals surface area contributed by atoms with Crippen LogP contribution in [0.3, 0.4) is 0 Å². The van der Waals surface area contributed by atoms with Crippen molar-refractivity contribution in [2.24, 2.45) is 0 Å². The maximum Gasteiger partial charge on any atom is 0.163 e. The summed E-state index contributed by atoms with van der Waals surface area (Å²) in [6, 6.07) is 13.5. The summed E-state index contributed by atoms with van der Waals surface area (Å²) >= 11 is 0. The lowest BCUT2D eigenvalue weighted by molar-refractivity contribution is 0.101. The Hall–Kier alpha value is -2.29. The lowest BCUT2D eigenvalue weighted by atomic mass is 10.1. The van der Waals surface area contributed by atoms with Crippen molar-refractivity contribution in [1.82, 2.24) is 0 Å². The molecule has 3 heteroatoms. The molecule has 0 bridgehead atoms. The van der Waals surface area contributed by atoms with E-state index in [1.54, 1.807) is 12.1 Å². The number of carbonyl (C=O) groups is 1. The van der Waals surface area contributed by atoms with Gasteiger partial charge in [0, 0.05) is 25.3 Å². The van der Waals surface area contributed by atoms with Crippen molar-refractivity contribution in [3.8, 4) is 5.75 Å². The van der Waals surface area contributed by atoms with E-state index in [1.807, 2.05) is 24.1 Å². The van der Waals surface area contributed by atoms with Gasteiger partial charge in [-0.05, 0) is 31.5 Å². The van der Waals surface area contributed by atoms with Crippen molar-refractivity contribution < 1.29 is 9.90 Å². The van der Waals surface area contributed by atoms with E-state index < -0.39 is 0 Å². The van der Waals surface area contributed by atoms with Crippen molar-refractivity contribution in [3.05, 3.63) is 59.2 Å². The zero-order chi connectivity index (χ0) is 14.7. The number of rotatable bonds is 4. The fourth-order valence-electron chi connectivity index (χ4n) is 2.23. The van der Waals surface area contributed by atoms with Gasteiger partial charge in [0.1, 0.15) is 5.75 Å². The van der Waals surface area contributed by atoms with Crippen molar-refractivity contribution in [3.63, 3.8) is 0 Å². The van der Waals surface area contributed by atoms with Gasteiger partial charge in [-0.1, -0.05) is 29.8 Å². The van der Waals surface area contributed by atoms with E-state index >= 15 is 0 Å². The minimum atomic E-state index is -0.129. The number of nitrogens with zero attached hydrogens (tertiary/aromatic N) is 1. The van der Waals surface area contributed by atoms with E-state index in [-0.39, 0.29) is 11.5 Å². The molecule has 0 fully saturated rings. The Balaban J connectivity index is 2.19. The smallest absolute Gasteiger partial charge is 0.163 e. The molecule has 2 aromatic carbocycles. The molecule has 0 heterocycles. The number of phenols is 1. The molecule has 20 heavy (non-hydrogen) atoms. The highest BCUT2D eigenvalue weighted by Gasteiger charge is 2.09. The number of aryl methyl sites for hydroxylation is 1. The second-order valence-corrected chi connectivity index (χ2v) is 5.10. The van der Waals surface area contributed by atoms with E-state index in [0.717, 1.165) is 12.2 Å². The normalized spacial score (nSPS) is 10.3. The summed E-state index contributed by atoms with van der Waals surface area (Å²) in [5.41, 5.74) is 3.68. The van der Waals surface area contributed by atoms with Crippen LogP contribution in [0.2, 0.25) is 0 Å². The summed E-state index contributed by atoms with van der Waals surface area (Å²) in [5, 5.41) is 9.87. The first kappa shape index (κ1) is 14.1. The summed E-state index contributed by atoms with van der Waals surface area (Å²) in [7, 11) is 1.96. The predicted molar refractivity (Wildman–Crippen MR) is 81.4 cm³/mol. The maximum atomic E-state index is 11.3. The lowest BCUT2D eigenvalue weighted by Gasteiger charge is -2.20. The minimum Gasteiger partial charge on any atom is -0.507 e. The van der Waals surface area contributed by atoms with Gasteiger partial charge in [-0.25, -0.2) is 0 Å². The van der Waals surface area contributed by atoms with Gasteiger partial charge in [-0.3, -0.25) is 4.79 Å². The fraction of sp³-hybridized carbons (Fsp3) is 0.235. The highest BCUT2D eigenvalue weighted by atomic mass is 16.3. The number of benzene rings is 2. The largest absolute Gasteiger partial charge is 0.507 e. The molecule has 104 valence electrons. The third-order valence-electron chi connectivity index (χ3n) is 3.30. The molecule has 0 amide bonds. The molecule has 0 radical (unpaired) electrons. The molecule has 0 aliphatic carbocycles. The Bertz CT molecular complexity index is 635. The quantitative estimate of drug-likeness (QED) is 0.863. The summed E-state index contributed by atoms with van der Waals surface area (Å²) in [6.07, 6.45) is 0. The van der Waals surface area contributed by atoms with Crippen molar-refractivity contribution in [1.29, 1.82) is 0 Å². The summed E-state index contributed by atoms with van der Waals surface area (Å²) in [5.74, 6) is -0.0959. The van der Waals surface area contributed by atoms with Crippen LogP contribution in [0, 0.1) is 6.92 Å². The first-order valence-corrected chi connectivity index (χ1v) is 6.58. The molecule has 0 saturated heterocycles. The van der Waals surface area contributed by atoms with Gasteiger partial charge in [-0.15, -0.1) is 0 Å². The molecular formula is C17H19NO2. The number of anilines is 1. The Morgan fingerprint density at radius 1 is 1.20 bits per heavy atom. The van der Waals surface area contributed by atoms with Gasteiger partial charge >= 0.3 is 0 Å². The molecule has 0 aliphatic rings. The van der Waals surface area contributed by atoms with Crippen LogP contribution in [0.4, 0.5) is 5.69 Å². The first-order chi connectivity index (χ1) is 9.47. The van der Waals surface area contributed by atoms with Gasteiger partial charge in [0.2, 0.25) is 0 Å². The van der Waals surface area contributed by atoms with Crippen LogP contribution < -0.4 is 4.90 Å².